The predicted molar refractivity (Wildman–Crippen MR) is 157 cm³/mol. The molecule has 5 aromatic carbocycles. The molecule has 0 bridgehead atoms. The molecule has 0 heterocycles. The minimum absolute atomic E-state index is 0.0440. The summed E-state index contributed by atoms with van der Waals surface area (Å²) in [6, 6.07) is 43.2. The van der Waals surface area contributed by atoms with Gasteiger partial charge in [-0.25, -0.2) is 0 Å². The topological polar surface area (TPSA) is 34.1 Å². The second kappa shape index (κ2) is 11.8. The molecule has 0 atom stereocenters. The molecule has 0 aliphatic rings. The highest BCUT2D eigenvalue weighted by Crippen LogP contribution is 2.21. The molecule has 0 aromatic heterocycles. The number of carbonyl (C=O) groups excluding carboxylic acids is 2. The van der Waals surface area contributed by atoms with Gasteiger partial charge in [0.15, 0.2) is 11.6 Å². The van der Waals surface area contributed by atoms with E-state index in [-0.39, 0.29) is 11.6 Å². The Morgan fingerprint density at radius 1 is 0.368 bits per heavy atom. The summed E-state index contributed by atoms with van der Waals surface area (Å²) < 4.78 is 0. The van der Waals surface area contributed by atoms with Crippen molar-refractivity contribution >= 4 is 23.7 Å². The summed E-state index contributed by atoms with van der Waals surface area (Å²) in [5.74, 6) is -0.0880. The first kappa shape index (κ1) is 24.6. The maximum atomic E-state index is 12.6. The van der Waals surface area contributed by atoms with E-state index in [0.717, 1.165) is 33.4 Å². The van der Waals surface area contributed by atoms with E-state index in [1.807, 2.05) is 109 Å². The van der Waals surface area contributed by atoms with Gasteiger partial charge in [-0.2, -0.15) is 0 Å². The van der Waals surface area contributed by atoms with Gasteiger partial charge in [-0.1, -0.05) is 146 Å². The fourth-order valence-corrected chi connectivity index (χ4v) is 4.17. The highest BCUT2D eigenvalue weighted by molar-refractivity contribution is 6.07. The van der Waals surface area contributed by atoms with Gasteiger partial charge in [0, 0.05) is 11.1 Å². The SMILES string of the molecule is O=C(/C=C/c1ccc(/C=C/C(=O)c2ccc(-c3ccccc3)cc2)cc1)c1ccc(-c2ccccc2)cc1. The monoisotopic (exact) mass is 490 g/mol. The first-order chi connectivity index (χ1) is 18.7. The molecule has 0 amide bonds. The zero-order valence-corrected chi connectivity index (χ0v) is 20.8. The standard InChI is InChI=1S/C36H26O2/c37-35(33-21-17-31(18-22-33)29-7-3-1-4-8-29)25-15-27-11-13-28(14-12-27)16-26-36(38)34-23-19-32(20-24-34)30-9-5-2-6-10-30/h1-26H/b25-15+,26-16+. The molecular formula is C36H26O2. The van der Waals surface area contributed by atoms with Crippen LogP contribution in [-0.4, -0.2) is 11.6 Å². The van der Waals surface area contributed by atoms with E-state index in [1.165, 1.54) is 0 Å². The molecule has 0 unspecified atom stereocenters. The van der Waals surface area contributed by atoms with Crippen LogP contribution >= 0.6 is 0 Å². The molecular weight excluding hydrogens is 464 g/mol. The highest BCUT2D eigenvalue weighted by atomic mass is 16.1. The molecule has 5 aromatic rings. The van der Waals surface area contributed by atoms with Gasteiger partial charge in [-0.15, -0.1) is 0 Å². The molecule has 0 aliphatic carbocycles. The lowest BCUT2D eigenvalue weighted by Gasteiger charge is -2.03. The normalized spacial score (nSPS) is 11.2. The minimum atomic E-state index is -0.0440. The van der Waals surface area contributed by atoms with Crippen molar-refractivity contribution in [3.63, 3.8) is 0 Å². The number of hydrogen-bond donors (Lipinski definition) is 0. The number of hydrogen-bond acceptors (Lipinski definition) is 2. The van der Waals surface area contributed by atoms with Crippen LogP contribution in [0.1, 0.15) is 31.8 Å². The van der Waals surface area contributed by atoms with E-state index in [2.05, 4.69) is 24.3 Å². The predicted octanol–water partition coefficient (Wildman–Crippen LogP) is 8.81. The van der Waals surface area contributed by atoms with Gasteiger partial charge in [0.2, 0.25) is 0 Å². The Morgan fingerprint density at radius 2 is 0.684 bits per heavy atom. The Hall–Kier alpha value is -5.08. The second-order valence-electron chi connectivity index (χ2n) is 8.95. The number of rotatable bonds is 8. The van der Waals surface area contributed by atoms with Crippen LogP contribution in [0.15, 0.2) is 146 Å². The Balaban J connectivity index is 1.18. The van der Waals surface area contributed by atoms with Crippen molar-refractivity contribution in [1.29, 1.82) is 0 Å². The number of allylic oxidation sites excluding steroid dienone is 2. The van der Waals surface area contributed by atoms with Gasteiger partial charge in [0.25, 0.3) is 0 Å². The number of benzene rings is 5. The van der Waals surface area contributed by atoms with E-state index < -0.39 is 0 Å². The van der Waals surface area contributed by atoms with Crippen LogP contribution in [0.4, 0.5) is 0 Å². The van der Waals surface area contributed by atoms with Crippen LogP contribution in [0.25, 0.3) is 34.4 Å². The fourth-order valence-electron chi connectivity index (χ4n) is 4.17. The summed E-state index contributed by atoms with van der Waals surface area (Å²) in [6.45, 7) is 0. The van der Waals surface area contributed by atoms with Crippen molar-refractivity contribution in [3.05, 3.63) is 168 Å². The Morgan fingerprint density at radius 3 is 1.03 bits per heavy atom. The van der Waals surface area contributed by atoms with Gasteiger partial charge in [0.1, 0.15) is 0 Å². The number of ketones is 2. The van der Waals surface area contributed by atoms with Crippen molar-refractivity contribution in [2.45, 2.75) is 0 Å². The molecule has 182 valence electrons. The quantitative estimate of drug-likeness (QED) is 0.161. The van der Waals surface area contributed by atoms with Crippen molar-refractivity contribution in [3.8, 4) is 22.3 Å². The minimum Gasteiger partial charge on any atom is -0.289 e. The van der Waals surface area contributed by atoms with Crippen molar-refractivity contribution in [2.75, 3.05) is 0 Å². The largest absolute Gasteiger partial charge is 0.289 e. The van der Waals surface area contributed by atoms with Crippen LogP contribution in [-0.2, 0) is 0 Å². The summed E-state index contributed by atoms with van der Waals surface area (Å²) in [4.78, 5) is 25.2. The van der Waals surface area contributed by atoms with E-state index in [9.17, 15) is 9.59 Å². The zero-order valence-electron chi connectivity index (χ0n) is 20.8. The molecule has 2 nitrogen and oxygen atoms in total. The van der Waals surface area contributed by atoms with Gasteiger partial charge >= 0.3 is 0 Å². The van der Waals surface area contributed by atoms with E-state index in [4.69, 9.17) is 0 Å². The summed E-state index contributed by atoms with van der Waals surface area (Å²) >= 11 is 0. The maximum Gasteiger partial charge on any atom is 0.185 e. The van der Waals surface area contributed by atoms with E-state index in [0.29, 0.717) is 11.1 Å². The van der Waals surface area contributed by atoms with Crippen LogP contribution < -0.4 is 0 Å². The van der Waals surface area contributed by atoms with E-state index in [1.54, 1.807) is 24.3 Å². The molecule has 38 heavy (non-hydrogen) atoms. The van der Waals surface area contributed by atoms with Crippen LogP contribution in [0, 0.1) is 0 Å². The first-order valence-corrected chi connectivity index (χ1v) is 12.5. The second-order valence-corrected chi connectivity index (χ2v) is 8.95. The number of carbonyl (C=O) groups is 2. The van der Waals surface area contributed by atoms with Gasteiger partial charge in [-0.3, -0.25) is 9.59 Å². The summed E-state index contributed by atoms with van der Waals surface area (Å²) in [6.07, 6.45) is 6.79. The smallest absolute Gasteiger partial charge is 0.185 e. The molecule has 0 fully saturated rings. The van der Waals surface area contributed by atoms with Crippen LogP contribution in [0.5, 0.6) is 0 Å². The van der Waals surface area contributed by atoms with Crippen molar-refractivity contribution in [2.24, 2.45) is 0 Å². The molecule has 0 aliphatic heterocycles. The summed E-state index contributed by atoms with van der Waals surface area (Å²) in [5, 5.41) is 0. The van der Waals surface area contributed by atoms with E-state index >= 15 is 0 Å². The Bertz CT molecular complexity index is 1450. The lowest BCUT2D eigenvalue weighted by molar-refractivity contribution is 0.103. The lowest BCUT2D eigenvalue weighted by Crippen LogP contribution is -1.94. The molecule has 0 spiro atoms. The van der Waals surface area contributed by atoms with Crippen molar-refractivity contribution < 1.29 is 9.59 Å². The van der Waals surface area contributed by atoms with Crippen LogP contribution in [0.3, 0.4) is 0 Å². The van der Waals surface area contributed by atoms with Crippen molar-refractivity contribution in [1.82, 2.24) is 0 Å². The fraction of sp³-hybridized carbons (Fsp3) is 0. The molecule has 0 radical (unpaired) electrons. The third kappa shape index (κ3) is 6.18. The van der Waals surface area contributed by atoms with Gasteiger partial charge in [0.05, 0.1) is 0 Å². The molecule has 5 rings (SSSR count). The van der Waals surface area contributed by atoms with Gasteiger partial charge < -0.3 is 0 Å². The Labute approximate surface area is 223 Å². The summed E-state index contributed by atoms with van der Waals surface area (Å²) in [7, 11) is 0. The average molecular weight is 491 g/mol. The third-order valence-electron chi connectivity index (χ3n) is 6.34. The highest BCUT2D eigenvalue weighted by Gasteiger charge is 2.04. The average Bonchev–Trinajstić information content (AvgIpc) is 3.00. The van der Waals surface area contributed by atoms with Crippen LogP contribution in [0.2, 0.25) is 0 Å². The molecule has 0 N–H and O–H groups in total. The first-order valence-electron chi connectivity index (χ1n) is 12.5. The molecule has 0 saturated heterocycles. The third-order valence-corrected chi connectivity index (χ3v) is 6.34. The summed E-state index contributed by atoms with van der Waals surface area (Å²) in [5.41, 5.74) is 7.54. The van der Waals surface area contributed by atoms with Gasteiger partial charge in [-0.05, 0) is 45.5 Å². The molecule has 0 saturated carbocycles. The zero-order chi connectivity index (χ0) is 26.2. The Kier molecular flexibility index (Phi) is 7.62. The maximum absolute atomic E-state index is 12.6. The lowest BCUT2D eigenvalue weighted by atomic mass is 10.0. The molecule has 2 heteroatoms.